The minimum absolute atomic E-state index is 0.212. The molecule has 6 nitrogen and oxygen atoms in total. The zero-order valence-corrected chi connectivity index (χ0v) is 14.3. The number of benzene rings is 2. The van der Waals surface area contributed by atoms with Crippen molar-refractivity contribution in [2.45, 2.75) is 13.5 Å². The number of phenols is 1. The molecule has 0 aliphatic heterocycles. The smallest absolute Gasteiger partial charge is 0.231 e. The second-order valence-electron chi connectivity index (χ2n) is 5.57. The largest absolute Gasteiger partial charge is 0.508 e. The van der Waals surface area contributed by atoms with Crippen LogP contribution >= 0.6 is 11.3 Å². The van der Waals surface area contributed by atoms with E-state index in [1.807, 2.05) is 31.2 Å². The van der Waals surface area contributed by atoms with Crippen LogP contribution in [0.15, 0.2) is 53.5 Å². The second-order valence-corrected chi connectivity index (χ2v) is 6.61. The van der Waals surface area contributed by atoms with Crippen LogP contribution in [0.4, 0.5) is 5.13 Å². The molecule has 4 aromatic rings. The van der Waals surface area contributed by atoms with Gasteiger partial charge in [-0.3, -0.25) is 0 Å². The number of nitrogens with zero attached hydrogens (tertiary/aromatic N) is 5. The molecule has 0 amide bonds. The third kappa shape index (κ3) is 3.27. The standard InChI is InChI=1S/C18H15N5OS/c1-12-20-15-7-2-3-8-16(15)23(12)11-17-21-22-18(25-17)19-10-13-5-4-6-14(24)9-13/h2-10,24H,11H2,1H3/b19-10+. The lowest BCUT2D eigenvalue weighted by atomic mass is 10.2. The normalized spacial score (nSPS) is 11.6. The van der Waals surface area contributed by atoms with Gasteiger partial charge in [-0.05, 0) is 36.8 Å². The molecule has 2 heterocycles. The number of rotatable bonds is 4. The van der Waals surface area contributed by atoms with Gasteiger partial charge in [-0.25, -0.2) is 9.98 Å². The Morgan fingerprint density at radius 3 is 2.92 bits per heavy atom. The summed E-state index contributed by atoms with van der Waals surface area (Å²) in [6.07, 6.45) is 1.67. The van der Waals surface area contributed by atoms with Crippen LogP contribution in [0.2, 0.25) is 0 Å². The molecular formula is C18H15N5OS. The Morgan fingerprint density at radius 2 is 2.04 bits per heavy atom. The van der Waals surface area contributed by atoms with E-state index < -0.39 is 0 Å². The number of hydrogen-bond acceptors (Lipinski definition) is 6. The first-order valence-electron chi connectivity index (χ1n) is 7.76. The molecule has 2 aromatic heterocycles. The first-order chi connectivity index (χ1) is 12.2. The Balaban J connectivity index is 1.56. The maximum Gasteiger partial charge on any atom is 0.231 e. The molecule has 0 fully saturated rings. The molecule has 0 saturated heterocycles. The minimum atomic E-state index is 0.212. The lowest BCUT2D eigenvalue weighted by molar-refractivity contribution is 0.475. The minimum Gasteiger partial charge on any atom is -0.508 e. The number of aromatic hydroxyl groups is 1. The molecule has 0 radical (unpaired) electrons. The maximum atomic E-state index is 9.47. The fourth-order valence-corrected chi connectivity index (χ4v) is 3.30. The first kappa shape index (κ1) is 15.5. The summed E-state index contributed by atoms with van der Waals surface area (Å²) in [5.74, 6) is 1.16. The number of fused-ring (bicyclic) bond motifs is 1. The number of hydrogen-bond donors (Lipinski definition) is 1. The average Bonchev–Trinajstić information content (AvgIpc) is 3.18. The molecule has 2 aromatic carbocycles. The van der Waals surface area contributed by atoms with Gasteiger partial charge in [0.2, 0.25) is 5.13 Å². The van der Waals surface area contributed by atoms with Crippen molar-refractivity contribution < 1.29 is 5.11 Å². The van der Waals surface area contributed by atoms with Gasteiger partial charge >= 0.3 is 0 Å². The molecule has 7 heteroatoms. The van der Waals surface area contributed by atoms with Crippen molar-refractivity contribution >= 4 is 33.7 Å². The van der Waals surface area contributed by atoms with Crippen LogP contribution in [0.25, 0.3) is 11.0 Å². The van der Waals surface area contributed by atoms with E-state index in [2.05, 4.69) is 30.8 Å². The predicted molar refractivity (Wildman–Crippen MR) is 98.8 cm³/mol. The van der Waals surface area contributed by atoms with Crippen molar-refractivity contribution in [3.05, 3.63) is 64.9 Å². The van der Waals surface area contributed by atoms with E-state index in [-0.39, 0.29) is 5.75 Å². The summed E-state index contributed by atoms with van der Waals surface area (Å²) in [5.41, 5.74) is 2.87. The van der Waals surface area contributed by atoms with Crippen LogP contribution in [0.5, 0.6) is 5.75 Å². The molecule has 4 rings (SSSR count). The van der Waals surface area contributed by atoms with Crippen molar-refractivity contribution in [3.8, 4) is 5.75 Å². The van der Waals surface area contributed by atoms with E-state index in [1.165, 1.54) is 11.3 Å². The Labute approximate surface area is 148 Å². The number of para-hydroxylation sites is 2. The van der Waals surface area contributed by atoms with Crippen molar-refractivity contribution in [2.75, 3.05) is 0 Å². The van der Waals surface area contributed by atoms with Gasteiger partial charge < -0.3 is 9.67 Å². The van der Waals surface area contributed by atoms with Crippen LogP contribution in [0.1, 0.15) is 16.4 Å². The van der Waals surface area contributed by atoms with Crippen molar-refractivity contribution in [3.63, 3.8) is 0 Å². The van der Waals surface area contributed by atoms with E-state index in [9.17, 15) is 5.11 Å². The number of aliphatic imine (C=N–C) groups is 1. The summed E-state index contributed by atoms with van der Waals surface area (Å²) in [7, 11) is 0. The van der Waals surface area contributed by atoms with Gasteiger partial charge in [-0.15, -0.1) is 10.2 Å². The van der Waals surface area contributed by atoms with Gasteiger partial charge in [0.05, 0.1) is 17.6 Å². The quantitative estimate of drug-likeness (QED) is 0.570. The summed E-state index contributed by atoms with van der Waals surface area (Å²) >= 11 is 1.44. The lowest BCUT2D eigenvalue weighted by Gasteiger charge is -2.02. The first-order valence-corrected chi connectivity index (χ1v) is 8.58. The van der Waals surface area contributed by atoms with Crippen LogP contribution in [-0.2, 0) is 6.54 Å². The number of imidazole rings is 1. The predicted octanol–water partition coefficient (Wildman–Crippen LogP) is 3.70. The van der Waals surface area contributed by atoms with Gasteiger partial charge in [-0.2, -0.15) is 0 Å². The Kier molecular flexibility index (Phi) is 3.99. The Morgan fingerprint density at radius 1 is 1.16 bits per heavy atom. The highest BCUT2D eigenvalue weighted by molar-refractivity contribution is 7.14. The summed E-state index contributed by atoms with van der Waals surface area (Å²) in [5, 5.41) is 19.3. The Bertz CT molecular complexity index is 1070. The van der Waals surface area contributed by atoms with Crippen LogP contribution in [0.3, 0.4) is 0 Å². The van der Waals surface area contributed by atoms with Gasteiger partial charge in [0.15, 0.2) is 0 Å². The van der Waals surface area contributed by atoms with Crippen molar-refractivity contribution in [1.82, 2.24) is 19.7 Å². The SMILES string of the molecule is Cc1nc2ccccc2n1Cc1nnc(/N=C/c2cccc(O)c2)s1. The average molecular weight is 349 g/mol. The number of aromatic nitrogens is 4. The van der Waals surface area contributed by atoms with Gasteiger partial charge in [-0.1, -0.05) is 35.6 Å². The maximum absolute atomic E-state index is 9.47. The molecule has 0 saturated carbocycles. The molecule has 0 unspecified atom stereocenters. The fraction of sp³-hybridized carbons (Fsp3) is 0.111. The monoisotopic (exact) mass is 349 g/mol. The summed E-state index contributed by atoms with van der Waals surface area (Å²) in [6.45, 7) is 2.60. The molecule has 0 spiro atoms. The lowest BCUT2D eigenvalue weighted by Crippen LogP contribution is -2.01. The van der Waals surface area contributed by atoms with E-state index >= 15 is 0 Å². The third-order valence-corrected chi connectivity index (χ3v) is 4.61. The highest BCUT2D eigenvalue weighted by atomic mass is 32.1. The molecule has 124 valence electrons. The van der Waals surface area contributed by atoms with Crippen molar-refractivity contribution in [2.24, 2.45) is 4.99 Å². The summed E-state index contributed by atoms with van der Waals surface area (Å²) in [4.78, 5) is 8.90. The number of aryl methyl sites for hydroxylation is 1. The van der Waals surface area contributed by atoms with Crippen LogP contribution in [-0.4, -0.2) is 31.1 Å². The van der Waals surface area contributed by atoms with Gasteiger partial charge in [0.25, 0.3) is 0 Å². The van der Waals surface area contributed by atoms with Gasteiger partial charge in [0, 0.05) is 6.21 Å². The van der Waals surface area contributed by atoms with E-state index in [0.29, 0.717) is 11.7 Å². The molecule has 0 bridgehead atoms. The second kappa shape index (κ2) is 6.45. The third-order valence-electron chi connectivity index (χ3n) is 3.79. The van der Waals surface area contributed by atoms with E-state index in [0.717, 1.165) is 27.4 Å². The molecule has 25 heavy (non-hydrogen) atoms. The van der Waals surface area contributed by atoms with Crippen LogP contribution in [0, 0.1) is 6.92 Å². The van der Waals surface area contributed by atoms with Gasteiger partial charge in [0.1, 0.15) is 16.6 Å². The summed E-state index contributed by atoms with van der Waals surface area (Å²) in [6, 6.07) is 15.0. The number of phenolic OH excluding ortho intramolecular Hbond substituents is 1. The van der Waals surface area contributed by atoms with E-state index in [4.69, 9.17) is 0 Å². The summed E-state index contributed by atoms with van der Waals surface area (Å²) < 4.78 is 2.12. The molecule has 1 N–H and O–H groups in total. The molecular weight excluding hydrogens is 334 g/mol. The topological polar surface area (TPSA) is 76.2 Å². The van der Waals surface area contributed by atoms with Crippen molar-refractivity contribution in [1.29, 1.82) is 0 Å². The Hall–Kier alpha value is -3.06. The zero-order valence-electron chi connectivity index (χ0n) is 13.5. The molecule has 0 aliphatic rings. The zero-order chi connectivity index (χ0) is 17.2. The highest BCUT2D eigenvalue weighted by Crippen LogP contribution is 2.22. The molecule has 0 aliphatic carbocycles. The van der Waals surface area contributed by atoms with Crippen LogP contribution < -0.4 is 0 Å². The fourth-order valence-electron chi connectivity index (χ4n) is 2.63. The highest BCUT2D eigenvalue weighted by Gasteiger charge is 2.10. The molecule has 0 atom stereocenters. The van der Waals surface area contributed by atoms with E-state index in [1.54, 1.807) is 24.4 Å².